The average molecular weight is 453 g/mol. The maximum absolute atomic E-state index is 13.8. The fraction of sp³-hybridized carbons (Fsp3) is 0.280. The van der Waals surface area contributed by atoms with Crippen molar-refractivity contribution < 1.29 is 17.9 Å². The highest BCUT2D eigenvalue weighted by Crippen LogP contribution is 2.49. The second-order valence-electron chi connectivity index (χ2n) is 8.52. The Labute approximate surface area is 187 Å². The second-order valence-corrected chi connectivity index (χ2v) is 10.4. The van der Waals surface area contributed by atoms with Crippen LogP contribution in [0.1, 0.15) is 23.6 Å². The van der Waals surface area contributed by atoms with Gasteiger partial charge in [0.2, 0.25) is 10.0 Å². The Hall–Kier alpha value is -2.74. The largest absolute Gasteiger partial charge is 0.394 e. The summed E-state index contributed by atoms with van der Waals surface area (Å²) in [5, 5.41) is 13.4. The van der Waals surface area contributed by atoms with E-state index in [1.54, 1.807) is 35.5 Å². The highest BCUT2D eigenvalue weighted by atomic mass is 32.2. The topological polar surface area (TPSA) is 69.6 Å². The first-order valence-electron chi connectivity index (χ1n) is 10.7. The predicted octanol–water partition coefficient (Wildman–Crippen LogP) is 4.34. The lowest BCUT2D eigenvalue weighted by atomic mass is 9.82. The maximum atomic E-state index is 13.8. The highest BCUT2D eigenvalue weighted by molar-refractivity contribution is 7.89. The van der Waals surface area contributed by atoms with Crippen molar-refractivity contribution in [1.82, 2.24) is 4.31 Å². The number of nitrogens with one attached hydrogen (secondary N) is 1. The summed E-state index contributed by atoms with van der Waals surface area (Å²) < 4.78 is 42.8. The van der Waals surface area contributed by atoms with Crippen molar-refractivity contribution in [3.05, 3.63) is 83.7 Å². The molecule has 5 nitrogen and oxygen atoms in total. The van der Waals surface area contributed by atoms with E-state index < -0.39 is 16.1 Å². The van der Waals surface area contributed by atoms with Gasteiger partial charge in [0, 0.05) is 18.2 Å². The Balaban J connectivity index is 1.63. The van der Waals surface area contributed by atoms with Gasteiger partial charge < -0.3 is 10.4 Å². The van der Waals surface area contributed by atoms with Crippen molar-refractivity contribution in [3.8, 4) is 11.1 Å². The first-order valence-corrected chi connectivity index (χ1v) is 12.2. The molecular weight excluding hydrogens is 427 g/mol. The number of aliphatic hydroxyl groups excluding tert-OH is 1. The van der Waals surface area contributed by atoms with Gasteiger partial charge in [0.1, 0.15) is 5.82 Å². The molecule has 2 aliphatic rings. The summed E-state index contributed by atoms with van der Waals surface area (Å²) >= 11 is 0. The molecule has 2 aliphatic heterocycles. The molecule has 0 radical (unpaired) electrons. The quantitative estimate of drug-likeness (QED) is 0.618. The molecule has 0 aromatic heterocycles. The van der Waals surface area contributed by atoms with Crippen molar-refractivity contribution >= 4 is 15.7 Å². The first kappa shape index (κ1) is 21.1. The predicted molar refractivity (Wildman–Crippen MR) is 122 cm³/mol. The van der Waals surface area contributed by atoms with Gasteiger partial charge in [0.25, 0.3) is 0 Å². The molecule has 3 atom stereocenters. The molecule has 0 saturated carbocycles. The third kappa shape index (κ3) is 3.41. The van der Waals surface area contributed by atoms with E-state index in [2.05, 4.69) is 5.32 Å². The van der Waals surface area contributed by atoms with Crippen LogP contribution in [-0.2, 0) is 10.0 Å². The fourth-order valence-electron chi connectivity index (χ4n) is 5.11. The maximum Gasteiger partial charge on any atom is 0.243 e. The second kappa shape index (κ2) is 7.99. The molecule has 0 unspecified atom stereocenters. The van der Waals surface area contributed by atoms with Crippen molar-refractivity contribution in [1.29, 1.82) is 0 Å². The molecule has 2 N–H and O–H groups in total. The Bertz CT molecular complexity index is 1280. The number of anilines is 1. The lowest BCUT2D eigenvalue weighted by Crippen LogP contribution is -2.42. The number of sulfonamides is 1. The van der Waals surface area contributed by atoms with Crippen molar-refractivity contribution in [2.75, 3.05) is 18.5 Å². The summed E-state index contributed by atoms with van der Waals surface area (Å²) in [6, 6.07) is 18.5. The van der Waals surface area contributed by atoms with E-state index >= 15 is 0 Å². The summed E-state index contributed by atoms with van der Waals surface area (Å²) in [4.78, 5) is 0.308. The number of rotatable bonds is 4. The molecule has 0 spiro atoms. The lowest BCUT2D eigenvalue weighted by molar-refractivity contribution is 0.210. The van der Waals surface area contributed by atoms with Gasteiger partial charge in [-0.1, -0.05) is 36.4 Å². The third-order valence-electron chi connectivity index (χ3n) is 6.66. The van der Waals surface area contributed by atoms with Gasteiger partial charge in [-0.15, -0.1) is 0 Å². The number of fused-ring (bicyclic) bond motifs is 3. The summed E-state index contributed by atoms with van der Waals surface area (Å²) in [6.07, 6.45) is 0.650. The zero-order valence-electron chi connectivity index (χ0n) is 17.7. The van der Waals surface area contributed by atoms with Crippen LogP contribution in [0.5, 0.6) is 0 Å². The summed E-state index contributed by atoms with van der Waals surface area (Å²) in [5.74, 6) is -0.379. The van der Waals surface area contributed by atoms with Crippen LogP contribution >= 0.6 is 0 Å². The summed E-state index contributed by atoms with van der Waals surface area (Å²) in [7, 11) is -3.73. The molecule has 0 bridgehead atoms. The third-order valence-corrected chi connectivity index (χ3v) is 8.70. The number of halogens is 1. The Morgan fingerprint density at radius 1 is 1.06 bits per heavy atom. The fourth-order valence-corrected chi connectivity index (χ4v) is 7.00. The molecule has 0 amide bonds. The number of hydrogen-bond donors (Lipinski definition) is 2. The number of aryl methyl sites for hydroxylation is 1. The minimum atomic E-state index is -3.73. The van der Waals surface area contributed by atoms with Crippen LogP contribution in [0.4, 0.5) is 10.1 Å². The van der Waals surface area contributed by atoms with Crippen molar-refractivity contribution in [2.45, 2.75) is 30.3 Å². The molecular formula is C25H25FN2O3S. The number of hydrogen-bond acceptors (Lipinski definition) is 4. The van der Waals surface area contributed by atoms with Gasteiger partial charge in [0.05, 0.1) is 23.6 Å². The molecule has 166 valence electrons. The van der Waals surface area contributed by atoms with Crippen LogP contribution in [0.15, 0.2) is 71.6 Å². The zero-order chi connectivity index (χ0) is 22.5. The van der Waals surface area contributed by atoms with E-state index in [-0.39, 0.29) is 24.4 Å². The van der Waals surface area contributed by atoms with Gasteiger partial charge >= 0.3 is 0 Å². The molecule has 1 fully saturated rings. The van der Waals surface area contributed by atoms with Crippen LogP contribution in [0.3, 0.4) is 0 Å². The van der Waals surface area contributed by atoms with E-state index in [9.17, 15) is 17.9 Å². The van der Waals surface area contributed by atoms with Crippen LogP contribution < -0.4 is 5.32 Å². The Morgan fingerprint density at radius 2 is 1.84 bits per heavy atom. The van der Waals surface area contributed by atoms with Crippen LogP contribution in [0.2, 0.25) is 0 Å². The SMILES string of the molecule is Cc1ccccc1S(=O)(=O)N1CC[C@H]2[C@H](CO)Nc3ccc(-c4cccc(F)c4)cc3[C@H]21. The minimum absolute atomic E-state index is 0.0611. The van der Waals surface area contributed by atoms with Gasteiger partial charge in [-0.05, 0) is 65.9 Å². The van der Waals surface area contributed by atoms with E-state index in [0.29, 0.717) is 23.4 Å². The average Bonchev–Trinajstić information content (AvgIpc) is 3.25. The molecule has 3 aromatic rings. The Morgan fingerprint density at radius 3 is 2.59 bits per heavy atom. The van der Waals surface area contributed by atoms with E-state index in [0.717, 1.165) is 22.4 Å². The minimum Gasteiger partial charge on any atom is -0.394 e. The van der Waals surface area contributed by atoms with Crippen molar-refractivity contribution in [3.63, 3.8) is 0 Å². The summed E-state index contributed by atoms with van der Waals surface area (Å²) in [5.41, 5.74) is 3.93. The monoisotopic (exact) mass is 452 g/mol. The smallest absolute Gasteiger partial charge is 0.243 e. The van der Waals surface area contributed by atoms with E-state index in [1.165, 1.54) is 12.1 Å². The van der Waals surface area contributed by atoms with Gasteiger partial charge in [-0.25, -0.2) is 12.8 Å². The van der Waals surface area contributed by atoms with Crippen molar-refractivity contribution in [2.24, 2.45) is 5.92 Å². The lowest BCUT2D eigenvalue weighted by Gasteiger charge is -2.39. The van der Waals surface area contributed by atoms with Gasteiger partial charge in [-0.3, -0.25) is 0 Å². The first-order chi connectivity index (χ1) is 15.4. The van der Waals surface area contributed by atoms with Crippen LogP contribution in [-0.4, -0.2) is 37.0 Å². The van der Waals surface area contributed by atoms with Gasteiger partial charge in [-0.2, -0.15) is 4.31 Å². The van der Waals surface area contributed by atoms with E-state index in [1.807, 2.05) is 30.3 Å². The number of benzene rings is 3. The molecule has 0 aliphatic carbocycles. The number of aliphatic hydroxyl groups is 1. The highest BCUT2D eigenvalue weighted by Gasteiger charge is 2.48. The molecule has 5 rings (SSSR count). The Kier molecular flexibility index (Phi) is 5.28. The van der Waals surface area contributed by atoms with Crippen LogP contribution in [0.25, 0.3) is 11.1 Å². The van der Waals surface area contributed by atoms with Crippen LogP contribution in [0, 0.1) is 18.7 Å². The molecule has 3 aromatic carbocycles. The zero-order valence-corrected chi connectivity index (χ0v) is 18.5. The standard InChI is InChI=1S/C25H25FN2O3S/c1-16-5-2-3-8-24(16)32(30,31)28-12-11-20-23(15-29)27-22-10-9-18(14-21(22)25(20)28)17-6-4-7-19(26)13-17/h2-10,13-14,20,23,25,27,29H,11-12,15H2,1H3/t20-,23-,25-/m0/s1. The normalized spacial score (nSPS) is 22.8. The molecule has 2 heterocycles. The molecule has 7 heteroatoms. The summed E-state index contributed by atoms with van der Waals surface area (Å²) in [6.45, 7) is 2.10. The van der Waals surface area contributed by atoms with E-state index in [4.69, 9.17) is 0 Å². The molecule has 32 heavy (non-hydrogen) atoms. The van der Waals surface area contributed by atoms with Gasteiger partial charge in [0.15, 0.2) is 0 Å². The molecule has 1 saturated heterocycles. The number of nitrogens with zero attached hydrogens (tertiary/aromatic N) is 1.